The third-order valence-electron chi connectivity index (χ3n) is 2.54. The lowest BCUT2D eigenvalue weighted by Crippen LogP contribution is -2.43. The Morgan fingerprint density at radius 3 is 2.80 bits per heavy atom. The zero-order valence-electron chi connectivity index (χ0n) is 11.4. The van der Waals surface area contributed by atoms with Crippen molar-refractivity contribution in [1.29, 1.82) is 0 Å². The molecule has 6 nitrogen and oxygen atoms in total. The average molecular weight is 305 g/mol. The number of ether oxygens (including phenoxy) is 1. The number of benzene rings is 1. The molecular weight excluding hydrogens is 285 g/mol. The summed E-state index contributed by atoms with van der Waals surface area (Å²) in [5.74, 6) is -0.493. The van der Waals surface area contributed by atoms with Gasteiger partial charge in [0.05, 0.1) is 12.3 Å². The van der Waals surface area contributed by atoms with Gasteiger partial charge in [0.1, 0.15) is 5.82 Å². The minimum absolute atomic E-state index is 0.146. The van der Waals surface area contributed by atoms with E-state index in [-0.39, 0.29) is 25.4 Å². The number of methoxy groups -OCH3 is 1. The molecule has 8 heteroatoms. The Balaban J connectivity index is 2.93. The molecule has 20 heavy (non-hydrogen) atoms. The Hall–Kier alpha value is -1.22. The fourth-order valence-corrected chi connectivity index (χ4v) is 2.86. The molecule has 0 atom stereocenters. The molecule has 0 saturated carbocycles. The van der Waals surface area contributed by atoms with Crippen LogP contribution in [0.3, 0.4) is 0 Å². The standard InChI is InChI=1S/C12H20FN3O3S/c1-19-9-7-15-20(17,18)16(8-3-6-14)12-5-2-4-11(13)10-12/h2,4-5,10,15H,3,6-9,14H2,1H3. The van der Waals surface area contributed by atoms with Gasteiger partial charge in [-0.2, -0.15) is 13.1 Å². The Labute approximate surface area is 118 Å². The molecule has 1 aromatic carbocycles. The van der Waals surface area contributed by atoms with E-state index in [9.17, 15) is 12.8 Å². The third kappa shape index (κ3) is 5.04. The van der Waals surface area contributed by atoms with Gasteiger partial charge >= 0.3 is 10.2 Å². The first-order chi connectivity index (χ1) is 9.51. The first-order valence-electron chi connectivity index (χ1n) is 6.23. The summed E-state index contributed by atoms with van der Waals surface area (Å²) in [6.45, 7) is 0.933. The summed E-state index contributed by atoms with van der Waals surface area (Å²) in [5.41, 5.74) is 5.68. The minimum atomic E-state index is -3.76. The Morgan fingerprint density at radius 1 is 1.45 bits per heavy atom. The molecular formula is C12H20FN3O3S. The molecule has 0 aliphatic heterocycles. The largest absolute Gasteiger partial charge is 0.383 e. The number of nitrogens with one attached hydrogen (secondary N) is 1. The topological polar surface area (TPSA) is 84.7 Å². The summed E-state index contributed by atoms with van der Waals surface area (Å²) in [5, 5.41) is 0. The van der Waals surface area contributed by atoms with Gasteiger partial charge in [-0.3, -0.25) is 4.31 Å². The zero-order chi connectivity index (χ0) is 15.0. The molecule has 114 valence electrons. The van der Waals surface area contributed by atoms with Crippen molar-refractivity contribution in [2.24, 2.45) is 5.73 Å². The SMILES string of the molecule is COCCNS(=O)(=O)N(CCCN)c1cccc(F)c1. The van der Waals surface area contributed by atoms with Gasteiger partial charge < -0.3 is 10.5 Å². The van der Waals surface area contributed by atoms with E-state index < -0.39 is 16.0 Å². The Morgan fingerprint density at radius 2 is 2.20 bits per heavy atom. The van der Waals surface area contributed by atoms with Crippen LogP contribution in [-0.2, 0) is 14.9 Å². The minimum Gasteiger partial charge on any atom is -0.383 e. The van der Waals surface area contributed by atoms with E-state index in [1.807, 2.05) is 0 Å². The smallest absolute Gasteiger partial charge is 0.301 e. The van der Waals surface area contributed by atoms with Crippen molar-refractivity contribution in [1.82, 2.24) is 4.72 Å². The highest BCUT2D eigenvalue weighted by molar-refractivity contribution is 7.90. The van der Waals surface area contributed by atoms with Crippen molar-refractivity contribution in [3.8, 4) is 0 Å². The zero-order valence-corrected chi connectivity index (χ0v) is 12.2. The number of nitrogens with two attached hydrogens (primary N) is 1. The van der Waals surface area contributed by atoms with Crippen LogP contribution in [0.4, 0.5) is 10.1 Å². The maximum atomic E-state index is 13.3. The maximum Gasteiger partial charge on any atom is 0.301 e. The summed E-state index contributed by atoms with van der Waals surface area (Å²) in [4.78, 5) is 0. The highest BCUT2D eigenvalue weighted by Gasteiger charge is 2.21. The van der Waals surface area contributed by atoms with Crippen LogP contribution in [-0.4, -0.2) is 41.8 Å². The van der Waals surface area contributed by atoms with Crippen molar-refractivity contribution in [3.63, 3.8) is 0 Å². The van der Waals surface area contributed by atoms with Gasteiger partial charge in [0, 0.05) is 20.2 Å². The normalized spacial score (nSPS) is 11.6. The molecule has 0 spiro atoms. The van der Waals surface area contributed by atoms with Crippen molar-refractivity contribution < 1.29 is 17.5 Å². The molecule has 0 aromatic heterocycles. The first-order valence-corrected chi connectivity index (χ1v) is 7.67. The summed E-state index contributed by atoms with van der Waals surface area (Å²) in [6, 6.07) is 5.43. The summed E-state index contributed by atoms with van der Waals surface area (Å²) in [6.07, 6.45) is 0.474. The summed E-state index contributed by atoms with van der Waals surface area (Å²) in [7, 11) is -2.28. The van der Waals surface area contributed by atoms with Crippen LogP contribution < -0.4 is 14.8 Å². The van der Waals surface area contributed by atoms with Gasteiger partial charge in [-0.1, -0.05) is 6.07 Å². The van der Waals surface area contributed by atoms with Crippen molar-refractivity contribution in [3.05, 3.63) is 30.1 Å². The molecule has 1 rings (SSSR count). The van der Waals surface area contributed by atoms with E-state index >= 15 is 0 Å². The summed E-state index contributed by atoms with van der Waals surface area (Å²) < 4.78 is 46.0. The lowest BCUT2D eigenvalue weighted by atomic mass is 10.3. The number of rotatable bonds is 9. The molecule has 0 unspecified atom stereocenters. The number of hydrogen-bond acceptors (Lipinski definition) is 4. The van der Waals surface area contributed by atoms with Crippen molar-refractivity contribution in [2.75, 3.05) is 37.7 Å². The highest BCUT2D eigenvalue weighted by atomic mass is 32.2. The number of halogens is 1. The number of nitrogens with zero attached hydrogens (tertiary/aromatic N) is 1. The van der Waals surface area contributed by atoms with Gasteiger partial charge in [0.15, 0.2) is 0 Å². The fourth-order valence-electron chi connectivity index (χ4n) is 1.60. The van der Waals surface area contributed by atoms with Gasteiger partial charge in [0.2, 0.25) is 0 Å². The van der Waals surface area contributed by atoms with Crippen LogP contribution in [0.1, 0.15) is 6.42 Å². The average Bonchev–Trinajstić information content (AvgIpc) is 2.39. The second kappa shape index (κ2) is 8.15. The molecule has 0 saturated heterocycles. The predicted molar refractivity (Wildman–Crippen MR) is 76.2 cm³/mol. The van der Waals surface area contributed by atoms with E-state index in [4.69, 9.17) is 10.5 Å². The van der Waals surface area contributed by atoms with E-state index in [0.717, 1.165) is 4.31 Å². The molecule has 0 aliphatic carbocycles. The molecule has 0 amide bonds. The van der Waals surface area contributed by atoms with Gasteiger partial charge in [-0.15, -0.1) is 0 Å². The van der Waals surface area contributed by atoms with Crippen molar-refractivity contribution in [2.45, 2.75) is 6.42 Å². The van der Waals surface area contributed by atoms with E-state index in [1.54, 1.807) is 0 Å². The molecule has 0 heterocycles. The third-order valence-corrected chi connectivity index (χ3v) is 4.08. The monoisotopic (exact) mass is 305 g/mol. The Kier molecular flexibility index (Phi) is 6.86. The summed E-state index contributed by atoms with van der Waals surface area (Å²) >= 11 is 0. The second-order valence-electron chi connectivity index (χ2n) is 4.09. The molecule has 0 fully saturated rings. The highest BCUT2D eigenvalue weighted by Crippen LogP contribution is 2.18. The quantitative estimate of drug-likeness (QED) is 0.649. The van der Waals surface area contributed by atoms with Crippen LogP contribution in [0.5, 0.6) is 0 Å². The molecule has 1 aromatic rings. The first kappa shape index (κ1) is 16.8. The van der Waals surface area contributed by atoms with E-state index in [2.05, 4.69) is 4.72 Å². The fraction of sp³-hybridized carbons (Fsp3) is 0.500. The molecule has 3 N–H and O–H groups in total. The van der Waals surface area contributed by atoms with Crippen molar-refractivity contribution >= 4 is 15.9 Å². The van der Waals surface area contributed by atoms with Gasteiger partial charge in [-0.25, -0.2) is 4.39 Å². The van der Waals surface area contributed by atoms with Gasteiger partial charge in [0.25, 0.3) is 0 Å². The van der Waals surface area contributed by atoms with Crippen LogP contribution in [0.15, 0.2) is 24.3 Å². The molecule has 0 radical (unpaired) electrons. The van der Waals surface area contributed by atoms with Crippen LogP contribution in [0.25, 0.3) is 0 Å². The molecule has 0 aliphatic rings. The number of anilines is 1. The lowest BCUT2D eigenvalue weighted by Gasteiger charge is -2.24. The Bertz CT molecular complexity index is 510. The maximum absolute atomic E-state index is 13.3. The molecule has 0 bridgehead atoms. The predicted octanol–water partition coefficient (Wildman–Crippen LogP) is 0.462. The van der Waals surface area contributed by atoms with Crippen LogP contribution >= 0.6 is 0 Å². The second-order valence-corrected chi connectivity index (χ2v) is 5.77. The van der Waals surface area contributed by atoms with Gasteiger partial charge in [-0.05, 0) is 31.2 Å². The van der Waals surface area contributed by atoms with Crippen LogP contribution in [0.2, 0.25) is 0 Å². The van der Waals surface area contributed by atoms with E-state index in [1.165, 1.54) is 31.4 Å². The van der Waals surface area contributed by atoms with Crippen LogP contribution in [0, 0.1) is 5.82 Å². The van der Waals surface area contributed by atoms with E-state index in [0.29, 0.717) is 13.0 Å². The lowest BCUT2D eigenvalue weighted by molar-refractivity contribution is 0.204. The number of hydrogen-bond donors (Lipinski definition) is 2.